The monoisotopic (exact) mass is 359 g/mol. The van der Waals surface area contributed by atoms with Crippen molar-refractivity contribution in [2.75, 3.05) is 23.9 Å². The summed E-state index contributed by atoms with van der Waals surface area (Å²) >= 11 is 3.49. The van der Waals surface area contributed by atoms with Gasteiger partial charge in [-0.1, -0.05) is 46.3 Å². The van der Waals surface area contributed by atoms with Crippen LogP contribution in [-0.4, -0.2) is 24.9 Å². The van der Waals surface area contributed by atoms with E-state index in [1.807, 2.05) is 47.4 Å². The highest BCUT2D eigenvalue weighted by Gasteiger charge is 2.31. The number of alkyl halides is 1. The van der Waals surface area contributed by atoms with E-state index in [1.165, 1.54) is 0 Å². The molecule has 0 radical (unpaired) electrons. The molecule has 1 saturated heterocycles. The van der Waals surface area contributed by atoms with Crippen LogP contribution in [0.5, 0.6) is 5.75 Å². The van der Waals surface area contributed by atoms with Crippen molar-refractivity contribution in [3.63, 3.8) is 0 Å². The maximum atomic E-state index is 12.3. The number of halogens is 1. The van der Waals surface area contributed by atoms with Crippen molar-refractivity contribution < 1.29 is 9.53 Å². The number of ether oxygens (including phenoxy) is 1. The number of amides is 1. The summed E-state index contributed by atoms with van der Waals surface area (Å²) in [5, 5.41) is 0.858. The molecule has 0 aromatic heterocycles. The van der Waals surface area contributed by atoms with Gasteiger partial charge < -0.3 is 9.64 Å². The number of benzene rings is 2. The molecule has 0 bridgehead atoms. The molecule has 3 rings (SSSR count). The van der Waals surface area contributed by atoms with Gasteiger partial charge in [-0.05, 0) is 29.7 Å². The number of para-hydroxylation sites is 1. The van der Waals surface area contributed by atoms with Crippen LogP contribution in [0.1, 0.15) is 6.42 Å². The maximum absolute atomic E-state index is 12.3. The number of anilines is 1. The average Bonchev–Trinajstić information content (AvgIpc) is 2.96. The molecular formula is C18H18BrNO2. The third-order valence-corrected chi connectivity index (χ3v) is 4.91. The summed E-state index contributed by atoms with van der Waals surface area (Å²) in [6, 6.07) is 16.0. The lowest BCUT2D eigenvalue weighted by Gasteiger charge is -2.20. The summed E-state index contributed by atoms with van der Waals surface area (Å²) < 4.78 is 5.31. The highest BCUT2D eigenvalue weighted by atomic mass is 79.9. The van der Waals surface area contributed by atoms with Gasteiger partial charge in [-0.3, -0.25) is 4.79 Å². The Balaban J connectivity index is 2.01. The van der Waals surface area contributed by atoms with Crippen molar-refractivity contribution in [3.8, 4) is 16.9 Å². The van der Waals surface area contributed by atoms with Crippen LogP contribution in [0, 0.1) is 5.92 Å². The lowest BCUT2D eigenvalue weighted by atomic mass is 10.0. The molecule has 22 heavy (non-hydrogen) atoms. The SMILES string of the molecule is COc1cccc(-c2ccccc2N2CC(CBr)CC2=O)c1. The second-order valence-electron chi connectivity index (χ2n) is 5.48. The van der Waals surface area contributed by atoms with E-state index in [0.717, 1.165) is 34.4 Å². The van der Waals surface area contributed by atoms with Crippen molar-refractivity contribution >= 4 is 27.5 Å². The number of hydrogen-bond donors (Lipinski definition) is 0. The molecular weight excluding hydrogens is 342 g/mol. The predicted molar refractivity (Wildman–Crippen MR) is 92.7 cm³/mol. The van der Waals surface area contributed by atoms with E-state index in [0.29, 0.717) is 12.3 Å². The fraction of sp³-hybridized carbons (Fsp3) is 0.278. The Kier molecular flexibility index (Phi) is 4.48. The van der Waals surface area contributed by atoms with Crippen molar-refractivity contribution in [1.29, 1.82) is 0 Å². The molecule has 1 aliphatic heterocycles. The Morgan fingerprint density at radius 2 is 2.05 bits per heavy atom. The van der Waals surface area contributed by atoms with Gasteiger partial charge in [0.2, 0.25) is 5.91 Å². The largest absolute Gasteiger partial charge is 0.497 e. The second-order valence-corrected chi connectivity index (χ2v) is 6.13. The number of nitrogens with zero attached hydrogens (tertiary/aromatic N) is 1. The molecule has 2 aromatic carbocycles. The van der Waals surface area contributed by atoms with Gasteiger partial charge in [0, 0.05) is 23.9 Å². The molecule has 1 atom stereocenters. The van der Waals surface area contributed by atoms with Crippen LogP contribution in [0.2, 0.25) is 0 Å². The number of carbonyl (C=O) groups is 1. The number of carbonyl (C=O) groups excluding carboxylic acids is 1. The van der Waals surface area contributed by atoms with Crippen LogP contribution in [0.3, 0.4) is 0 Å². The average molecular weight is 360 g/mol. The highest BCUT2D eigenvalue weighted by Crippen LogP contribution is 2.35. The Morgan fingerprint density at radius 1 is 1.23 bits per heavy atom. The molecule has 114 valence electrons. The lowest BCUT2D eigenvalue weighted by molar-refractivity contribution is -0.117. The topological polar surface area (TPSA) is 29.5 Å². The zero-order chi connectivity index (χ0) is 15.5. The Labute approximate surface area is 139 Å². The van der Waals surface area contributed by atoms with Gasteiger partial charge in [0.25, 0.3) is 0 Å². The van der Waals surface area contributed by atoms with E-state index in [4.69, 9.17) is 4.74 Å². The van der Waals surface area contributed by atoms with Gasteiger partial charge in [0.1, 0.15) is 5.75 Å². The molecule has 1 heterocycles. The van der Waals surface area contributed by atoms with Crippen LogP contribution < -0.4 is 9.64 Å². The summed E-state index contributed by atoms with van der Waals surface area (Å²) in [7, 11) is 1.66. The number of methoxy groups -OCH3 is 1. The minimum absolute atomic E-state index is 0.194. The Hall–Kier alpha value is -1.81. The fourth-order valence-corrected chi connectivity index (χ4v) is 3.30. The van der Waals surface area contributed by atoms with Gasteiger partial charge >= 0.3 is 0 Å². The molecule has 4 heteroatoms. The normalized spacial score (nSPS) is 17.8. The summed E-state index contributed by atoms with van der Waals surface area (Å²) in [6.45, 7) is 0.769. The predicted octanol–water partition coefficient (Wildman–Crippen LogP) is 4.11. The highest BCUT2D eigenvalue weighted by molar-refractivity contribution is 9.09. The Morgan fingerprint density at radius 3 is 2.77 bits per heavy atom. The summed E-state index contributed by atoms with van der Waals surface area (Å²) in [4.78, 5) is 14.2. The minimum atomic E-state index is 0.194. The van der Waals surface area contributed by atoms with Gasteiger partial charge in [0.15, 0.2) is 0 Å². The molecule has 0 saturated carbocycles. The van der Waals surface area contributed by atoms with E-state index in [-0.39, 0.29) is 5.91 Å². The van der Waals surface area contributed by atoms with Crippen LogP contribution in [0.15, 0.2) is 48.5 Å². The van der Waals surface area contributed by atoms with Crippen LogP contribution in [-0.2, 0) is 4.79 Å². The molecule has 0 spiro atoms. The third kappa shape index (κ3) is 2.88. The quantitative estimate of drug-likeness (QED) is 0.768. The summed E-state index contributed by atoms with van der Waals surface area (Å²) in [5.41, 5.74) is 3.10. The van der Waals surface area contributed by atoms with E-state index in [9.17, 15) is 4.79 Å². The van der Waals surface area contributed by atoms with Gasteiger partial charge in [-0.2, -0.15) is 0 Å². The first-order chi connectivity index (χ1) is 10.7. The van der Waals surface area contributed by atoms with E-state index in [1.54, 1.807) is 7.11 Å². The third-order valence-electron chi connectivity index (χ3n) is 4.00. The van der Waals surface area contributed by atoms with E-state index in [2.05, 4.69) is 22.0 Å². The molecule has 1 unspecified atom stereocenters. The summed E-state index contributed by atoms with van der Waals surface area (Å²) in [6.07, 6.45) is 0.609. The van der Waals surface area contributed by atoms with E-state index >= 15 is 0 Å². The van der Waals surface area contributed by atoms with Crippen LogP contribution in [0.4, 0.5) is 5.69 Å². The molecule has 1 amide bonds. The molecule has 1 aliphatic rings. The molecule has 1 fully saturated rings. The zero-order valence-corrected chi connectivity index (χ0v) is 14.0. The minimum Gasteiger partial charge on any atom is -0.497 e. The van der Waals surface area contributed by atoms with Crippen molar-refractivity contribution in [1.82, 2.24) is 0 Å². The Bertz CT molecular complexity index is 686. The maximum Gasteiger partial charge on any atom is 0.227 e. The molecule has 3 nitrogen and oxygen atoms in total. The van der Waals surface area contributed by atoms with Crippen molar-refractivity contribution in [2.45, 2.75) is 6.42 Å². The number of hydrogen-bond acceptors (Lipinski definition) is 2. The second kappa shape index (κ2) is 6.53. The van der Waals surface area contributed by atoms with Crippen LogP contribution in [0.25, 0.3) is 11.1 Å². The summed E-state index contributed by atoms with van der Waals surface area (Å²) in [5.74, 6) is 1.39. The molecule has 2 aromatic rings. The first-order valence-electron chi connectivity index (χ1n) is 7.32. The van der Waals surface area contributed by atoms with Gasteiger partial charge in [0.05, 0.1) is 12.8 Å². The van der Waals surface area contributed by atoms with Crippen molar-refractivity contribution in [3.05, 3.63) is 48.5 Å². The number of rotatable bonds is 4. The zero-order valence-electron chi connectivity index (χ0n) is 12.5. The van der Waals surface area contributed by atoms with E-state index < -0.39 is 0 Å². The standard InChI is InChI=1S/C18H18BrNO2/c1-22-15-6-4-5-14(10-15)16-7-2-3-8-17(16)20-12-13(11-19)9-18(20)21/h2-8,10,13H,9,11-12H2,1H3. The smallest absolute Gasteiger partial charge is 0.227 e. The van der Waals surface area contributed by atoms with Crippen molar-refractivity contribution in [2.24, 2.45) is 5.92 Å². The fourth-order valence-electron chi connectivity index (χ4n) is 2.86. The van der Waals surface area contributed by atoms with Gasteiger partial charge in [-0.15, -0.1) is 0 Å². The van der Waals surface area contributed by atoms with Gasteiger partial charge in [-0.25, -0.2) is 0 Å². The van der Waals surface area contributed by atoms with Crippen LogP contribution >= 0.6 is 15.9 Å². The lowest BCUT2D eigenvalue weighted by Crippen LogP contribution is -2.25. The first kappa shape index (κ1) is 15.1. The first-order valence-corrected chi connectivity index (χ1v) is 8.45. The molecule has 0 aliphatic carbocycles. The molecule has 0 N–H and O–H groups in total.